The number of hydrogen-bond acceptors (Lipinski definition) is 5. The van der Waals surface area contributed by atoms with E-state index in [1.807, 2.05) is 0 Å². The number of ether oxygens (including phenoxy) is 4. The van der Waals surface area contributed by atoms with Gasteiger partial charge in [-0.15, -0.1) is 0 Å². The molecule has 0 spiro atoms. The van der Waals surface area contributed by atoms with Crippen LogP contribution in [0.25, 0.3) is 0 Å². The average molecular weight is 274 g/mol. The lowest BCUT2D eigenvalue weighted by Crippen LogP contribution is -2.19. The summed E-state index contributed by atoms with van der Waals surface area (Å²) in [5, 5.41) is 0. The van der Waals surface area contributed by atoms with E-state index in [2.05, 4.69) is 0 Å². The van der Waals surface area contributed by atoms with Gasteiger partial charge in [0.05, 0.1) is 39.1 Å². The molecule has 0 aromatic heterocycles. The number of esters is 1. The third-order valence-electron chi connectivity index (χ3n) is 3.04. The van der Waals surface area contributed by atoms with Crippen LogP contribution in [0.5, 0.6) is 0 Å². The molecule has 0 bridgehead atoms. The van der Waals surface area contributed by atoms with Crippen molar-refractivity contribution in [2.45, 2.75) is 45.1 Å². The lowest BCUT2D eigenvalue weighted by molar-refractivity contribution is -0.142. The molecule has 0 N–H and O–H groups in total. The highest BCUT2D eigenvalue weighted by molar-refractivity contribution is 5.65. The zero-order chi connectivity index (χ0) is 13.8. The van der Waals surface area contributed by atoms with Gasteiger partial charge in [0, 0.05) is 6.92 Å². The second kappa shape index (κ2) is 11.2. The van der Waals surface area contributed by atoms with E-state index in [1.54, 1.807) is 0 Å². The van der Waals surface area contributed by atoms with Crippen LogP contribution in [0, 0.1) is 0 Å². The van der Waals surface area contributed by atoms with Crippen LogP contribution >= 0.6 is 0 Å². The highest BCUT2D eigenvalue weighted by atomic mass is 16.6. The van der Waals surface area contributed by atoms with Crippen molar-refractivity contribution >= 4 is 5.97 Å². The molecule has 0 aromatic carbocycles. The molecule has 1 aliphatic rings. The van der Waals surface area contributed by atoms with Gasteiger partial charge in [-0.1, -0.05) is 19.3 Å². The first-order valence-electron chi connectivity index (χ1n) is 7.19. The highest BCUT2D eigenvalue weighted by Crippen LogP contribution is 2.19. The van der Waals surface area contributed by atoms with Crippen LogP contribution in [0.15, 0.2) is 0 Å². The van der Waals surface area contributed by atoms with E-state index in [9.17, 15) is 4.79 Å². The summed E-state index contributed by atoms with van der Waals surface area (Å²) in [6.45, 7) is 4.46. The minimum absolute atomic E-state index is 0.278. The Hall–Kier alpha value is -0.650. The van der Waals surface area contributed by atoms with E-state index < -0.39 is 0 Å². The monoisotopic (exact) mass is 274 g/mol. The lowest BCUT2D eigenvalue weighted by Gasteiger charge is -2.21. The molecule has 0 aromatic rings. The zero-order valence-corrected chi connectivity index (χ0v) is 11.9. The molecular weight excluding hydrogens is 248 g/mol. The van der Waals surface area contributed by atoms with Crippen molar-refractivity contribution in [2.75, 3.05) is 39.6 Å². The third kappa shape index (κ3) is 9.87. The molecule has 0 heterocycles. The Labute approximate surface area is 115 Å². The summed E-state index contributed by atoms with van der Waals surface area (Å²) in [6.07, 6.45) is 6.76. The van der Waals surface area contributed by atoms with Crippen molar-refractivity contribution in [1.29, 1.82) is 0 Å². The van der Waals surface area contributed by atoms with Gasteiger partial charge in [0.2, 0.25) is 0 Å². The van der Waals surface area contributed by atoms with E-state index in [0.717, 1.165) is 0 Å². The van der Waals surface area contributed by atoms with E-state index >= 15 is 0 Å². The SMILES string of the molecule is CC(=O)OCCOCCOCCOC1CCCCC1. The number of carbonyl (C=O) groups is 1. The van der Waals surface area contributed by atoms with Crippen molar-refractivity contribution in [3.05, 3.63) is 0 Å². The maximum Gasteiger partial charge on any atom is 0.302 e. The minimum atomic E-state index is -0.278. The molecule has 0 unspecified atom stereocenters. The molecule has 1 rings (SSSR count). The summed E-state index contributed by atoms with van der Waals surface area (Å²) in [6, 6.07) is 0. The Kier molecular flexibility index (Phi) is 9.67. The molecule has 0 saturated heterocycles. The second-order valence-electron chi connectivity index (χ2n) is 4.70. The predicted molar refractivity (Wildman–Crippen MR) is 71.1 cm³/mol. The molecule has 1 fully saturated rings. The highest BCUT2D eigenvalue weighted by Gasteiger charge is 2.12. The van der Waals surface area contributed by atoms with Crippen LogP contribution in [-0.4, -0.2) is 51.7 Å². The van der Waals surface area contributed by atoms with Gasteiger partial charge in [-0.05, 0) is 12.8 Å². The maximum absolute atomic E-state index is 10.5. The van der Waals surface area contributed by atoms with Crippen molar-refractivity contribution < 1.29 is 23.7 Å². The van der Waals surface area contributed by atoms with Crippen molar-refractivity contribution in [3.8, 4) is 0 Å². The molecule has 0 amide bonds. The van der Waals surface area contributed by atoms with Gasteiger partial charge in [-0.25, -0.2) is 0 Å². The standard InChI is InChI=1S/C14H26O5/c1-13(15)18-11-9-16-7-8-17-10-12-19-14-5-3-2-4-6-14/h14H,2-12H2,1H3. The van der Waals surface area contributed by atoms with Crippen molar-refractivity contribution in [3.63, 3.8) is 0 Å². The molecule has 112 valence electrons. The van der Waals surface area contributed by atoms with Gasteiger partial charge in [-0.2, -0.15) is 0 Å². The lowest BCUT2D eigenvalue weighted by atomic mass is 9.98. The number of carbonyl (C=O) groups excluding carboxylic acids is 1. The molecule has 0 aliphatic heterocycles. The van der Waals surface area contributed by atoms with Crippen LogP contribution < -0.4 is 0 Å². The number of hydrogen-bond donors (Lipinski definition) is 0. The third-order valence-corrected chi connectivity index (χ3v) is 3.04. The Morgan fingerprint density at radius 3 is 2.11 bits per heavy atom. The van der Waals surface area contributed by atoms with Crippen molar-refractivity contribution in [2.24, 2.45) is 0 Å². The Morgan fingerprint density at radius 1 is 0.895 bits per heavy atom. The van der Waals surface area contributed by atoms with Gasteiger partial charge in [0.1, 0.15) is 6.61 Å². The quantitative estimate of drug-likeness (QED) is 0.450. The molecular formula is C14H26O5. The first-order chi connectivity index (χ1) is 9.29. The van der Waals surface area contributed by atoms with Gasteiger partial charge >= 0.3 is 5.97 Å². The summed E-state index contributed by atoms with van der Waals surface area (Å²) >= 11 is 0. The van der Waals surface area contributed by atoms with E-state index in [1.165, 1.54) is 39.0 Å². The maximum atomic E-state index is 10.5. The fourth-order valence-electron chi connectivity index (χ4n) is 2.07. The molecule has 0 radical (unpaired) electrons. The molecule has 0 atom stereocenters. The van der Waals surface area contributed by atoms with Gasteiger partial charge in [-0.3, -0.25) is 4.79 Å². The van der Waals surface area contributed by atoms with Crippen LogP contribution in [-0.2, 0) is 23.7 Å². The second-order valence-corrected chi connectivity index (χ2v) is 4.70. The van der Waals surface area contributed by atoms with Crippen molar-refractivity contribution in [1.82, 2.24) is 0 Å². The van der Waals surface area contributed by atoms with Gasteiger partial charge in [0.15, 0.2) is 0 Å². The summed E-state index contributed by atoms with van der Waals surface area (Å²) in [5.74, 6) is -0.278. The number of rotatable bonds is 10. The molecule has 5 heteroatoms. The zero-order valence-electron chi connectivity index (χ0n) is 11.9. The summed E-state index contributed by atoms with van der Waals surface area (Å²) in [7, 11) is 0. The van der Waals surface area contributed by atoms with Gasteiger partial charge < -0.3 is 18.9 Å². The van der Waals surface area contributed by atoms with Gasteiger partial charge in [0.25, 0.3) is 0 Å². The first-order valence-corrected chi connectivity index (χ1v) is 7.19. The molecule has 19 heavy (non-hydrogen) atoms. The largest absolute Gasteiger partial charge is 0.463 e. The molecule has 1 saturated carbocycles. The van der Waals surface area contributed by atoms with E-state index in [4.69, 9.17) is 18.9 Å². The van der Waals surface area contributed by atoms with Crippen LogP contribution in [0.1, 0.15) is 39.0 Å². The smallest absolute Gasteiger partial charge is 0.302 e. The van der Waals surface area contributed by atoms with Crippen LogP contribution in [0.4, 0.5) is 0 Å². The summed E-state index contributed by atoms with van der Waals surface area (Å²) in [4.78, 5) is 10.5. The summed E-state index contributed by atoms with van der Waals surface area (Å²) < 4.78 is 21.1. The minimum Gasteiger partial charge on any atom is -0.463 e. The summed E-state index contributed by atoms with van der Waals surface area (Å²) in [5.41, 5.74) is 0. The Bertz CT molecular complexity index is 226. The average Bonchev–Trinajstić information content (AvgIpc) is 2.42. The Balaban J connectivity index is 1.74. The van der Waals surface area contributed by atoms with Crippen LogP contribution in [0.2, 0.25) is 0 Å². The molecule has 1 aliphatic carbocycles. The predicted octanol–water partition coefficient (Wildman–Crippen LogP) is 1.93. The van der Waals surface area contributed by atoms with Crippen LogP contribution in [0.3, 0.4) is 0 Å². The topological polar surface area (TPSA) is 54.0 Å². The fraction of sp³-hybridized carbons (Fsp3) is 0.929. The Morgan fingerprint density at radius 2 is 1.47 bits per heavy atom. The fourth-order valence-corrected chi connectivity index (χ4v) is 2.07. The first kappa shape index (κ1) is 16.4. The van der Waals surface area contributed by atoms with E-state index in [-0.39, 0.29) is 5.97 Å². The normalized spacial score (nSPS) is 16.5. The van der Waals surface area contributed by atoms with E-state index in [0.29, 0.717) is 45.7 Å². The molecule has 5 nitrogen and oxygen atoms in total.